The van der Waals surface area contributed by atoms with Gasteiger partial charge < -0.3 is 0 Å². The third-order valence-corrected chi connectivity index (χ3v) is 2.86. The van der Waals surface area contributed by atoms with Gasteiger partial charge in [-0.25, -0.2) is 0 Å². The molecule has 1 unspecified atom stereocenters. The molecule has 0 aromatic carbocycles. The SMILES string of the molecule is CCC(CBr)Cc1cn(C)nn1. The van der Waals surface area contributed by atoms with Crippen molar-refractivity contribution >= 4 is 15.9 Å². The van der Waals surface area contributed by atoms with Gasteiger partial charge in [-0.3, -0.25) is 4.68 Å². The number of alkyl halides is 1. The minimum absolute atomic E-state index is 0.682. The Hall–Kier alpha value is -0.380. The third kappa shape index (κ3) is 2.59. The quantitative estimate of drug-likeness (QED) is 0.741. The van der Waals surface area contributed by atoms with Gasteiger partial charge in [-0.1, -0.05) is 34.5 Å². The first-order chi connectivity index (χ1) is 5.76. The average Bonchev–Trinajstić information content (AvgIpc) is 2.47. The molecule has 0 N–H and O–H groups in total. The first-order valence-electron chi connectivity index (χ1n) is 4.17. The smallest absolute Gasteiger partial charge is 0.0830 e. The summed E-state index contributed by atoms with van der Waals surface area (Å²) >= 11 is 3.49. The van der Waals surface area contributed by atoms with Gasteiger partial charge in [-0.05, 0) is 12.3 Å². The highest BCUT2D eigenvalue weighted by Crippen LogP contribution is 2.11. The predicted molar refractivity (Wildman–Crippen MR) is 52.3 cm³/mol. The molecule has 1 atom stereocenters. The fourth-order valence-corrected chi connectivity index (χ4v) is 1.78. The van der Waals surface area contributed by atoms with E-state index in [1.807, 2.05) is 13.2 Å². The molecule has 68 valence electrons. The molecule has 0 radical (unpaired) electrons. The molecule has 4 heteroatoms. The van der Waals surface area contributed by atoms with Gasteiger partial charge in [0, 0.05) is 18.6 Å². The maximum Gasteiger partial charge on any atom is 0.0830 e. The second-order valence-corrected chi connectivity index (χ2v) is 3.66. The molecule has 12 heavy (non-hydrogen) atoms. The van der Waals surface area contributed by atoms with E-state index in [1.165, 1.54) is 6.42 Å². The van der Waals surface area contributed by atoms with Crippen molar-refractivity contribution in [2.45, 2.75) is 19.8 Å². The highest BCUT2D eigenvalue weighted by molar-refractivity contribution is 9.09. The van der Waals surface area contributed by atoms with Crippen LogP contribution in [0.3, 0.4) is 0 Å². The summed E-state index contributed by atoms with van der Waals surface area (Å²) in [4.78, 5) is 0. The van der Waals surface area contributed by atoms with Gasteiger partial charge in [0.15, 0.2) is 0 Å². The van der Waals surface area contributed by atoms with Crippen molar-refractivity contribution < 1.29 is 0 Å². The molecule has 0 aliphatic carbocycles. The summed E-state index contributed by atoms with van der Waals surface area (Å²) < 4.78 is 1.75. The van der Waals surface area contributed by atoms with Crippen LogP contribution in [0.1, 0.15) is 19.0 Å². The first kappa shape index (κ1) is 9.71. The van der Waals surface area contributed by atoms with E-state index in [1.54, 1.807) is 4.68 Å². The maximum atomic E-state index is 4.04. The molecule has 1 heterocycles. The normalized spacial score (nSPS) is 13.2. The Labute approximate surface area is 81.3 Å². The Balaban J connectivity index is 2.50. The molecule has 0 fully saturated rings. The summed E-state index contributed by atoms with van der Waals surface area (Å²) in [6.45, 7) is 2.20. The Morgan fingerprint density at radius 1 is 1.67 bits per heavy atom. The van der Waals surface area contributed by atoms with E-state index in [4.69, 9.17) is 0 Å². The van der Waals surface area contributed by atoms with Gasteiger partial charge in [0.25, 0.3) is 0 Å². The summed E-state index contributed by atoms with van der Waals surface area (Å²) in [6.07, 6.45) is 4.18. The lowest BCUT2D eigenvalue weighted by Crippen LogP contribution is -2.04. The van der Waals surface area contributed by atoms with Crippen LogP contribution in [0, 0.1) is 5.92 Å². The van der Waals surface area contributed by atoms with Crippen molar-refractivity contribution in [3.63, 3.8) is 0 Å². The maximum absolute atomic E-state index is 4.04. The molecule has 1 rings (SSSR count). The van der Waals surface area contributed by atoms with Crippen LogP contribution < -0.4 is 0 Å². The lowest BCUT2D eigenvalue weighted by atomic mass is 10.0. The number of nitrogens with zero attached hydrogens (tertiary/aromatic N) is 3. The lowest BCUT2D eigenvalue weighted by molar-refractivity contribution is 0.565. The molecular weight excluding hydrogens is 218 g/mol. The van der Waals surface area contributed by atoms with Crippen molar-refractivity contribution in [3.8, 4) is 0 Å². The zero-order chi connectivity index (χ0) is 8.97. The third-order valence-electron chi connectivity index (χ3n) is 1.94. The van der Waals surface area contributed by atoms with Crippen LogP contribution in [-0.2, 0) is 13.5 Å². The fraction of sp³-hybridized carbons (Fsp3) is 0.750. The minimum atomic E-state index is 0.682. The molecule has 0 saturated carbocycles. The van der Waals surface area contributed by atoms with Crippen LogP contribution in [0.15, 0.2) is 6.20 Å². The van der Waals surface area contributed by atoms with E-state index < -0.39 is 0 Å². The monoisotopic (exact) mass is 231 g/mol. The largest absolute Gasteiger partial charge is 0.255 e. The number of aromatic nitrogens is 3. The number of hydrogen-bond acceptors (Lipinski definition) is 2. The van der Waals surface area contributed by atoms with Crippen molar-refractivity contribution in [3.05, 3.63) is 11.9 Å². The van der Waals surface area contributed by atoms with Gasteiger partial charge >= 0.3 is 0 Å². The van der Waals surface area contributed by atoms with Crippen LogP contribution in [0.5, 0.6) is 0 Å². The molecule has 0 amide bonds. The molecular formula is C8H14BrN3. The van der Waals surface area contributed by atoms with Crippen LogP contribution >= 0.6 is 15.9 Å². The van der Waals surface area contributed by atoms with Crippen molar-refractivity contribution in [1.82, 2.24) is 15.0 Å². The van der Waals surface area contributed by atoms with Gasteiger partial charge in [-0.2, -0.15) is 0 Å². The molecule has 0 spiro atoms. The molecule has 0 aliphatic heterocycles. The predicted octanol–water partition coefficient (Wildman–Crippen LogP) is 1.78. The van der Waals surface area contributed by atoms with Crippen LogP contribution in [-0.4, -0.2) is 20.3 Å². The summed E-state index contributed by atoms with van der Waals surface area (Å²) in [5, 5.41) is 8.97. The topological polar surface area (TPSA) is 30.7 Å². The molecule has 1 aromatic rings. The Bertz CT molecular complexity index is 230. The van der Waals surface area contributed by atoms with Gasteiger partial charge in [0.1, 0.15) is 0 Å². The molecule has 0 bridgehead atoms. The summed E-state index contributed by atoms with van der Waals surface area (Å²) in [5.74, 6) is 0.682. The van der Waals surface area contributed by atoms with E-state index in [2.05, 4.69) is 33.2 Å². The Morgan fingerprint density at radius 3 is 2.83 bits per heavy atom. The van der Waals surface area contributed by atoms with E-state index in [0.29, 0.717) is 5.92 Å². The first-order valence-corrected chi connectivity index (χ1v) is 5.29. The molecule has 1 aromatic heterocycles. The second-order valence-electron chi connectivity index (χ2n) is 3.02. The Morgan fingerprint density at radius 2 is 2.42 bits per heavy atom. The number of rotatable bonds is 4. The summed E-state index contributed by atoms with van der Waals surface area (Å²) in [7, 11) is 1.89. The fourth-order valence-electron chi connectivity index (χ4n) is 1.09. The van der Waals surface area contributed by atoms with E-state index >= 15 is 0 Å². The van der Waals surface area contributed by atoms with Crippen LogP contribution in [0.4, 0.5) is 0 Å². The van der Waals surface area contributed by atoms with Crippen molar-refractivity contribution in [1.29, 1.82) is 0 Å². The zero-order valence-electron chi connectivity index (χ0n) is 7.50. The molecule has 3 nitrogen and oxygen atoms in total. The summed E-state index contributed by atoms with van der Waals surface area (Å²) in [6, 6.07) is 0. The number of aryl methyl sites for hydroxylation is 1. The van der Waals surface area contributed by atoms with Crippen LogP contribution in [0.2, 0.25) is 0 Å². The van der Waals surface area contributed by atoms with E-state index in [-0.39, 0.29) is 0 Å². The molecule has 0 aliphatic rings. The number of hydrogen-bond donors (Lipinski definition) is 0. The average molecular weight is 232 g/mol. The van der Waals surface area contributed by atoms with E-state index in [0.717, 1.165) is 17.4 Å². The zero-order valence-corrected chi connectivity index (χ0v) is 9.08. The second kappa shape index (κ2) is 4.60. The minimum Gasteiger partial charge on any atom is -0.255 e. The standard InChI is InChI=1S/C8H14BrN3/c1-3-7(5-9)4-8-6-12(2)11-10-8/h6-7H,3-5H2,1-2H3. The van der Waals surface area contributed by atoms with Gasteiger partial charge in [0.05, 0.1) is 5.69 Å². The molecule has 0 saturated heterocycles. The highest BCUT2D eigenvalue weighted by atomic mass is 79.9. The van der Waals surface area contributed by atoms with Gasteiger partial charge in [0.2, 0.25) is 0 Å². The van der Waals surface area contributed by atoms with Crippen molar-refractivity contribution in [2.75, 3.05) is 5.33 Å². The lowest BCUT2D eigenvalue weighted by Gasteiger charge is -2.07. The van der Waals surface area contributed by atoms with Crippen molar-refractivity contribution in [2.24, 2.45) is 13.0 Å². The Kier molecular flexibility index (Phi) is 3.72. The highest BCUT2D eigenvalue weighted by Gasteiger charge is 2.07. The van der Waals surface area contributed by atoms with Crippen LogP contribution in [0.25, 0.3) is 0 Å². The van der Waals surface area contributed by atoms with Gasteiger partial charge in [-0.15, -0.1) is 5.10 Å². The van der Waals surface area contributed by atoms with E-state index in [9.17, 15) is 0 Å². The summed E-state index contributed by atoms with van der Waals surface area (Å²) in [5.41, 5.74) is 1.09. The number of halogens is 1.